The van der Waals surface area contributed by atoms with Gasteiger partial charge in [0.15, 0.2) is 0 Å². The first-order chi connectivity index (χ1) is 40.4. The lowest BCUT2D eigenvalue weighted by atomic mass is 9.71. The van der Waals surface area contributed by atoms with E-state index in [9.17, 15) is 58.2 Å². The summed E-state index contributed by atoms with van der Waals surface area (Å²) < 4.78 is 105. The molecule has 8 aromatic carbocycles. The fraction of sp³-hybridized carbons (Fsp3) is 0.0492. The second-order valence-corrected chi connectivity index (χ2v) is 19.4. The van der Waals surface area contributed by atoms with E-state index < -0.39 is 110 Å². The number of anilines is 4. The average Bonchev–Trinajstić information content (AvgIpc) is 1.67. The molecule has 0 unspecified atom stereocenters. The lowest BCUT2D eigenvalue weighted by molar-refractivity contribution is -0.288. The zero-order valence-corrected chi connectivity index (χ0v) is 42.5. The number of aromatic carboxylic acids is 2. The number of amides is 8. The Bertz CT molecular complexity index is 4080. The molecule has 8 amide bonds. The van der Waals surface area contributed by atoms with Crippen LogP contribution in [0.4, 0.5) is 49.1 Å². The second-order valence-electron chi connectivity index (χ2n) is 19.4. The van der Waals surface area contributed by atoms with Crippen LogP contribution in [0.5, 0.6) is 23.0 Å². The van der Waals surface area contributed by atoms with Gasteiger partial charge in [0, 0.05) is 0 Å². The van der Waals surface area contributed by atoms with Crippen molar-refractivity contribution in [3.63, 3.8) is 0 Å². The van der Waals surface area contributed by atoms with Crippen molar-refractivity contribution < 1.29 is 94.0 Å². The summed E-state index contributed by atoms with van der Waals surface area (Å²) in [6.45, 7) is 0. The molecule has 24 heteroatoms. The molecule has 0 fully saturated rings. The minimum Gasteiger partial charge on any atom is -0.478 e. The van der Waals surface area contributed by atoms with Gasteiger partial charge < -0.3 is 19.7 Å². The van der Waals surface area contributed by atoms with Crippen molar-refractivity contribution >= 4 is 81.9 Å². The van der Waals surface area contributed by atoms with Crippen LogP contribution in [0.1, 0.15) is 115 Å². The number of carbonyl (C=O) groups is 10. The summed E-state index contributed by atoms with van der Waals surface area (Å²) in [5, 5.41) is 18.6. The zero-order valence-electron chi connectivity index (χ0n) is 42.5. The summed E-state index contributed by atoms with van der Waals surface area (Å²) in [6, 6.07) is 30.9. The van der Waals surface area contributed by atoms with Gasteiger partial charge >= 0.3 is 24.3 Å². The largest absolute Gasteiger partial charge is 0.478 e. The lowest BCUT2D eigenvalue weighted by Gasteiger charge is -2.38. The molecule has 0 saturated heterocycles. The Labute approximate surface area is 471 Å². The monoisotopic (exact) mass is 1160 g/mol. The number of rotatable bonds is 12. The first kappa shape index (κ1) is 54.0. The van der Waals surface area contributed by atoms with E-state index in [1.807, 2.05) is 0 Å². The van der Waals surface area contributed by atoms with Gasteiger partial charge in [-0.3, -0.25) is 38.4 Å². The van der Waals surface area contributed by atoms with Crippen molar-refractivity contribution in [3.8, 4) is 23.0 Å². The minimum atomic E-state index is -6.25. The van der Waals surface area contributed by atoms with Crippen molar-refractivity contribution in [2.24, 2.45) is 0 Å². The Morgan fingerprint density at radius 1 is 0.306 bits per heavy atom. The third kappa shape index (κ3) is 8.43. The smallest absolute Gasteiger partial charge is 0.411 e. The lowest BCUT2D eigenvalue weighted by Crippen LogP contribution is -2.55. The molecule has 0 atom stereocenters. The number of ether oxygens (including phenoxy) is 2. The van der Waals surface area contributed by atoms with Gasteiger partial charge in [0.05, 0.1) is 78.4 Å². The van der Waals surface area contributed by atoms with Gasteiger partial charge in [-0.15, -0.1) is 0 Å². The summed E-state index contributed by atoms with van der Waals surface area (Å²) in [5.74, 6) is -9.68. The maximum Gasteiger partial charge on any atom is 0.411 e. The van der Waals surface area contributed by atoms with Crippen molar-refractivity contribution in [2.75, 3.05) is 19.6 Å². The van der Waals surface area contributed by atoms with Crippen molar-refractivity contribution in [3.05, 3.63) is 237 Å². The molecule has 12 rings (SSSR count). The van der Waals surface area contributed by atoms with Crippen molar-refractivity contribution in [2.45, 2.75) is 17.8 Å². The van der Waals surface area contributed by atoms with Crippen LogP contribution in [0.25, 0.3) is 0 Å². The maximum absolute atomic E-state index is 15.6. The highest BCUT2D eigenvalue weighted by molar-refractivity contribution is 6.37. The molecule has 8 aromatic rings. The van der Waals surface area contributed by atoms with Crippen LogP contribution < -0.4 is 29.1 Å². The number of fused-ring (bicyclic) bond motifs is 4. The van der Waals surface area contributed by atoms with Gasteiger partial charge in [0.1, 0.15) is 23.0 Å². The number of nitrogens with zero attached hydrogens (tertiary/aromatic N) is 4. The maximum atomic E-state index is 15.6. The number of carbonyl (C=O) groups excluding carboxylic acids is 8. The summed E-state index contributed by atoms with van der Waals surface area (Å²) in [6.07, 6.45) is -12.5. The number of carboxylic acid groups (broad SMARTS) is 2. The number of carboxylic acids is 2. The van der Waals surface area contributed by atoms with Gasteiger partial charge in [0.25, 0.3) is 47.3 Å². The summed E-state index contributed by atoms with van der Waals surface area (Å²) in [4.78, 5) is 133. The van der Waals surface area contributed by atoms with Crippen LogP contribution >= 0.6 is 0 Å². The van der Waals surface area contributed by atoms with Crippen LogP contribution in [0.2, 0.25) is 0 Å². The molecule has 0 spiro atoms. The molecule has 4 aliphatic rings. The van der Waals surface area contributed by atoms with E-state index in [1.165, 1.54) is 121 Å². The molecule has 2 N–H and O–H groups in total. The third-order valence-electron chi connectivity index (χ3n) is 14.6. The van der Waals surface area contributed by atoms with E-state index in [2.05, 4.69) is 0 Å². The predicted molar refractivity (Wildman–Crippen MR) is 283 cm³/mol. The standard InChI is InChI=1S/C61H30F6N4O14/c62-60(63,64)59(61(65,66)67,31-3-23-43-47(27-31)55(78)70(51(43)74)35-9-17-39(18-10-35)84-37-13-5-33(6-14-37)68-49(72)41-21-1-29(57(80)81)25-45(41)53(68)76)32-4-24-44-48(28-32)56(79)71(52(44)75)36-11-19-40(20-12-36)85-38-15-7-34(8-16-38)69-50(73)42-22-2-30(58(82)83)26-46(42)54(69)77/h1-28H,(H,80,81)(H,82,83). The quantitative estimate of drug-likeness (QED) is 0.0854. The van der Waals surface area contributed by atoms with Crippen molar-refractivity contribution in [1.82, 2.24) is 0 Å². The van der Waals surface area contributed by atoms with Crippen LogP contribution in [-0.2, 0) is 5.41 Å². The third-order valence-corrected chi connectivity index (χ3v) is 14.6. The highest BCUT2D eigenvalue weighted by Gasteiger charge is 2.73. The fourth-order valence-corrected chi connectivity index (χ4v) is 10.5. The number of alkyl halides is 6. The molecular weight excluding hydrogens is 1130 g/mol. The Balaban J connectivity index is 0.750. The number of imide groups is 4. The van der Waals surface area contributed by atoms with Crippen molar-refractivity contribution in [1.29, 1.82) is 0 Å². The number of benzene rings is 8. The highest BCUT2D eigenvalue weighted by Crippen LogP contribution is 2.57. The molecule has 85 heavy (non-hydrogen) atoms. The van der Waals surface area contributed by atoms with Crippen LogP contribution in [0, 0.1) is 0 Å². The number of hydrogen-bond donors (Lipinski definition) is 2. The molecular formula is C61H30F6N4O14. The molecule has 0 aliphatic carbocycles. The average molecular weight is 1160 g/mol. The zero-order chi connectivity index (χ0) is 60.3. The Morgan fingerprint density at radius 2 is 0.529 bits per heavy atom. The molecule has 0 saturated carbocycles. The summed E-state index contributed by atoms with van der Waals surface area (Å²) in [7, 11) is 0. The minimum absolute atomic E-state index is 0.00288. The molecule has 0 radical (unpaired) electrons. The van der Waals surface area contributed by atoms with Gasteiger partial charge in [-0.25, -0.2) is 29.2 Å². The molecule has 4 aliphatic heterocycles. The van der Waals surface area contributed by atoms with Gasteiger partial charge in [-0.2, -0.15) is 26.3 Å². The Kier molecular flexibility index (Phi) is 12.3. The molecule has 420 valence electrons. The molecule has 18 nitrogen and oxygen atoms in total. The van der Waals surface area contributed by atoms with E-state index in [4.69, 9.17) is 9.47 Å². The molecule has 4 heterocycles. The first-order valence-electron chi connectivity index (χ1n) is 24.9. The van der Waals surface area contributed by atoms with E-state index in [0.29, 0.717) is 46.2 Å². The van der Waals surface area contributed by atoms with Gasteiger partial charge in [-0.05, 0) is 169 Å². The number of halogens is 6. The number of hydrogen-bond acceptors (Lipinski definition) is 12. The van der Waals surface area contributed by atoms with E-state index in [1.54, 1.807) is 0 Å². The van der Waals surface area contributed by atoms with Crippen LogP contribution in [0.15, 0.2) is 170 Å². The predicted octanol–water partition coefficient (Wildman–Crippen LogP) is 11.3. The fourth-order valence-electron chi connectivity index (χ4n) is 10.5. The topological polar surface area (TPSA) is 243 Å². The molecule has 0 aromatic heterocycles. The molecule has 0 bridgehead atoms. The van der Waals surface area contributed by atoms with Gasteiger partial charge in [-0.1, -0.05) is 12.1 Å². The highest BCUT2D eigenvalue weighted by atomic mass is 19.4. The Morgan fingerprint density at radius 3 is 0.765 bits per heavy atom. The Hall–Kier alpha value is -11.6. The van der Waals surface area contributed by atoms with Crippen LogP contribution in [0.3, 0.4) is 0 Å². The normalized spacial score (nSPS) is 14.8. The van der Waals surface area contributed by atoms with Crippen LogP contribution in [-0.4, -0.2) is 81.8 Å². The van der Waals surface area contributed by atoms with E-state index >= 15 is 26.3 Å². The van der Waals surface area contributed by atoms with E-state index in [-0.39, 0.29) is 79.1 Å². The second kappa shape index (κ2) is 19.3. The first-order valence-corrected chi connectivity index (χ1v) is 24.9. The summed E-state index contributed by atoms with van der Waals surface area (Å²) >= 11 is 0. The van der Waals surface area contributed by atoms with Gasteiger partial charge in [0.2, 0.25) is 5.41 Å². The summed E-state index contributed by atoms with van der Waals surface area (Å²) in [5.41, 5.74) is -11.4. The SMILES string of the molecule is O=C(O)c1ccc2c(c1)C(=O)N(c1ccc(Oc3ccc(N4C(=O)c5ccc(C(c6ccc7c(c6)C(=O)N(c6ccc(Oc8ccc(N9C(=O)c%10ccc(C(=O)O)cc%10C9=O)cc8)cc6)C7=O)(C(F)(F)F)C(F)(F)F)cc5C4=O)cc3)cc1)C2=O. The van der Waals surface area contributed by atoms with E-state index in [0.717, 1.165) is 21.9 Å².